The van der Waals surface area contributed by atoms with Gasteiger partial charge in [-0.15, -0.1) is 23.5 Å². The molecule has 0 spiro atoms. The zero-order chi connectivity index (χ0) is 5.98. The molecule has 1 aliphatic heterocycles. The van der Waals surface area contributed by atoms with Gasteiger partial charge in [0.15, 0.2) is 0 Å². The maximum absolute atomic E-state index is 7.11. The molecule has 1 saturated heterocycles. The summed E-state index contributed by atoms with van der Waals surface area (Å²) >= 11 is 2.93. The molecule has 0 bridgehead atoms. The molecule has 0 aromatic rings. The molecule has 0 aliphatic carbocycles. The largest absolute Gasteiger partial charge is 0.292 e. The number of hydrogen-bond acceptors (Lipinski definition) is 4. The van der Waals surface area contributed by atoms with E-state index in [9.17, 15) is 0 Å². The van der Waals surface area contributed by atoms with E-state index in [4.69, 9.17) is 10.8 Å². The van der Waals surface area contributed by atoms with Crippen molar-refractivity contribution >= 4 is 33.6 Å². The second-order valence-corrected chi connectivity index (χ2v) is 3.57. The monoisotopic (exact) mass is 146 g/mol. The van der Waals surface area contributed by atoms with Gasteiger partial charge in [0.25, 0.3) is 0 Å². The van der Waals surface area contributed by atoms with E-state index in [0.29, 0.717) is 10.1 Å². The molecule has 1 fully saturated rings. The topological polar surface area (TPSA) is 47.7 Å². The molecule has 2 N–H and O–H groups in total. The van der Waals surface area contributed by atoms with Crippen LogP contribution in [-0.4, -0.2) is 21.6 Å². The summed E-state index contributed by atoms with van der Waals surface area (Å²) in [5.41, 5.74) is 0. The summed E-state index contributed by atoms with van der Waals surface area (Å²) in [7, 11) is 0. The van der Waals surface area contributed by atoms with E-state index in [-0.39, 0.29) is 0 Å². The molecule has 0 amide bonds. The van der Waals surface area contributed by atoms with E-state index in [2.05, 4.69) is 0 Å². The summed E-state index contributed by atoms with van der Waals surface area (Å²) in [6.45, 7) is 0. The summed E-state index contributed by atoms with van der Waals surface area (Å²) in [4.78, 5) is 0. The van der Waals surface area contributed by atoms with Crippen molar-refractivity contribution in [2.75, 3.05) is 11.5 Å². The second kappa shape index (κ2) is 2.55. The van der Waals surface area contributed by atoms with Crippen molar-refractivity contribution in [2.24, 2.45) is 0 Å². The van der Waals surface area contributed by atoms with Gasteiger partial charge in [0.05, 0.1) is 0 Å². The van der Waals surface area contributed by atoms with Crippen LogP contribution in [0.1, 0.15) is 0 Å². The van der Waals surface area contributed by atoms with Crippen molar-refractivity contribution in [2.45, 2.75) is 0 Å². The van der Waals surface area contributed by atoms with Gasteiger partial charge >= 0.3 is 0 Å². The fourth-order valence-electron chi connectivity index (χ4n) is 0.419. The Labute approximate surface area is 56.4 Å². The Bertz CT molecular complexity index is 116. The zero-order valence-corrected chi connectivity index (χ0v) is 5.86. The third-order valence-electron chi connectivity index (χ3n) is 0.782. The third kappa shape index (κ3) is 1.26. The standard InChI is InChI=1S/C4H6N2S2/c5-3-4(6)8-2-1-7-3/h5-6H,1-2H2. The molecule has 1 heterocycles. The highest BCUT2D eigenvalue weighted by Gasteiger charge is 2.11. The molecule has 8 heavy (non-hydrogen) atoms. The predicted molar refractivity (Wildman–Crippen MR) is 40.4 cm³/mol. The second-order valence-electron chi connectivity index (χ2n) is 1.36. The van der Waals surface area contributed by atoms with Gasteiger partial charge in [-0.3, -0.25) is 10.8 Å². The first-order valence-corrected chi connectivity index (χ1v) is 4.21. The molecule has 2 nitrogen and oxygen atoms in total. The Morgan fingerprint density at radius 2 is 1.38 bits per heavy atom. The summed E-state index contributed by atoms with van der Waals surface area (Å²) < 4.78 is 0. The minimum Gasteiger partial charge on any atom is -0.292 e. The van der Waals surface area contributed by atoms with Gasteiger partial charge < -0.3 is 0 Å². The van der Waals surface area contributed by atoms with Crippen LogP contribution in [0.25, 0.3) is 0 Å². The molecule has 0 atom stereocenters. The normalized spacial score (nSPS) is 21.5. The van der Waals surface area contributed by atoms with Crippen LogP contribution in [0.2, 0.25) is 0 Å². The van der Waals surface area contributed by atoms with Gasteiger partial charge in [0.1, 0.15) is 10.1 Å². The molecule has 1 rings (SSSR count). The average Bonchev–Trinajstić information content (AvgIpc) is 1.77. The quantitative estimate of drug-likeness (QED) is 0.543. The molecule has 4 heteroatoms. The summed E-state index contributed by atoms with van der Waals surface area (Å²) in [5, 5.41) is 15.1. The van der Waals surface area contributed by atoms with E-state index < -0.39 is 0 Å². The maximum atomic E-state index is 7.11. The van der Waals surface area contributed by atoms with Crippen LogP contribution >= 0.6 is 23.5 Å². The van der Waals surface area contributed by atoms with E-state index in [0.717, 1.165) is 11.5 Å². The Hall–Kier alpha value is 0.0400. The van der Waals surface area contributed by atoms with Crippen LogP contribution in [0.5, 0.6) is 0 Å². The van der Waals surface area contributed by atoms with Gasteiger partial charge in [-0.1, -0.05) is 0 Å². The average molecular weight is 146 g/mol. The third-order valence-corrected chi connectivity index (χ3v) is 2.97. The van der Waals surface area contributed by atoms with Crippen LogP contribution in [0, 0.1) is 10.8 Å². The molecular weight excluding hydrogens is 140 g/mol. The van der Waals surface area contributed by atoms with Crippen molar-refractivity contribution in [3.05, 3.63) is 0 Å². The Kier molecular flexibility index (Phi) is 1.96. The highest BCUT2D eigenvalue weighted by atomic mass is 32.2. The number of hydrogen-bond donors (Lipinski definition) is 2. The Morgan fingerprint density at radius 3 is 1.62 bits per heavy atom. The van der Waals surface area contributed by atoms with Gasteiger partial charge in [0.2, 0.25) is 0 Å². The minimum atomic E-state index is 0.432. The van der Waals surface area contributed by atoms with Gasteiger partial charge in [0, 0.05) is 11.5 Å². The molecule has 0 unspecified atom stereocenters. The van der Waals surface area contributed by atoms with E-state index in [1.165, 1.54) is 23.5 Å². The number of rotatable bonds is 0. The number of thioether (sulfide) groups is 2. The van der Waals surface area contributed by atoms with Crippen LogP contribution in [0.3, 0.4) is 0 Å². The van der Waals surface area contributed by atoms with Crippen LogP contribution in [0.15, 0.2) is 0 Å². The lowest BCUT2D eigenvalue weighted by atomic mass is 10.8. The Morgan fingerprint density at radius 1 is 1.00 bits per heavy atom. The molecule has 0 aromatic carbocycles. The molecule has 1 aliphatic rings. The number of nitrogens with one attached hydrogen (secondary N) is 2. The van der Waals surface area contributed by atoms with Crippen LogP contribution in [-0.2, 0) is 0 Å². The molecule has 44 valence electrons. The first-order valence-electron chi connectivity index (χ1n) is 2.24. The van der Waals surface area contributed by atoms with E-state index >= 15 is 0 Å². The summed E-state index contributed by atoms with van der Waals surface area (Å²) in [5.74, 6) is 1.98. The van der Waals surface area contributed by atoms with Crippen molar-refractivity contribution in [1.29, 1.82) is 10.8 Å². The zero-order valence-electron chi connectivity index (χ0n) is 4.23. The van der Waals surface area contributed by atoms with Crippen LogP contribution < -0.4 is 0 Å². The molecule has 0 aromatic heterocycles. The van der Waals surface area contributed by atoms with Crippen molar-refractivity contribution in [3.8, 4) is 0 Å². The minimum absolute atomic E-state index is 0.432. The lowest BCUT2D eigenvalue weighted by Crippen LogP contribution is -2.11. The highest BCUT2D eigenvalue weighted by molar-refractivity contribution is 8.27. The van der Waals surface area contributed by atoms with Gasteiger partial charge in [-0.25, -0.2) is 0 Å². The van der Waals surface area contributed by atoms with Gasteiger partial charge in [-0.05, 0) is 0 Å². The van der Waals surface area contributed by atoms with Crippen LogP contribution in [0.4, 0.5) is 0 Å². The molecular formula is C4H6N2S2. The van der Waals surface area contributed by atoms with Gasteiger partial charge in [-0.2, -0.15) is 0 Å². The van der Waals surface area contributed by atoms with E-state index in [1.807, 2.05) is 0 Å². The fraction of sp³-hybridized carbons (Fsp3) is 0.500. The first-order chi connectivity index (χ1) is 3.80. The smallest absolute Gasteiger partial charge is 0.119 e. The summed E-state index contributed by atoms with van der Waals surface area (Å²) in [6.07, 6.45) is 0. The fourth-order valence-corrected chi connectivity index (χ4v) is 2.11. The predicted octanol–water partition coefficient (Wildman–Crippen LogP) is 1.42. The SMILES string of the molecule is N=C1SCCSC1=N. The lowest BCUT2D eigenvalue weighted by molar-refractivity contribution is 1.51. The maximum Gasteiger partial charge on any atom is 0.119 e. The van der Waals surface area contributed by atoms with Crippen molar-refractivity contribution in [3.63, 3.8) is 0 Å². The first kappa shape index (κ1) is 6.16. The highest BCUT2D eigenvalue weighted by Crippen LogP contribution is 2.19. The van der Waals surface area contributed by atoms with Crippen molar-refractivity contribution in [1.82, 2.24) is 0 Å². The molecule has 0 radical (unpaired) electrons. The summed E-state index contributed by atoms with van der Waals surface area (Å²) in [6, 6.07) is 0. The van der Waals surface area contributed by atoms with E-state index in [1.54, 1.807) is 0 Å². The molecule has 0 saturated carbocycles. The Balaban J connectivity index is 2.52. The lowest BCUT2D eigenvalue weighted by Gasteiger charge is -2.09. The van der Waals surface area contributed by atoms with Crippen molar-refractivity contribution < 1.29 is 0 Å².